The van der Waals surface area contributed by atoms with E-state index < -0.39 is 62.1 Å². The molecule has 0 bridgehead atoms. The number of hydrogen-bond donors (Lipinski definition) is 2. The van der Waals surface area contributed by atoms with Crippen LogP contribution in [0.15, 0.2) is 36.7 Å². The molecule has 5 atom stereocenters. The minimum absolute atomic E-state index is 0.0170. The van der Waals surface area contributed by atoms with Gasteiger partial charge in [-0.1, -0.05) is 64.7 Å². The number of aromatic nitrogens is 4. The Morgan fingerprint density at radius 3 is 2.55 bits per heavy atom. The molecule has 4 rings (SSSR count). The average Bonchev–Trinajstić information content (AvgIpc) is 3.62. The van der Waals surface area contributed by atoms with Crippen molar-refractivity contribution in [3.8, 4) is 18.1 Å². The number of carbonyl (C=O) groups excluding carboxylic acids is 2. The highest BCUT2D eigenvalue weighted by Gasteiger charge is 2.55. The summed E-state index contributed by atoms with van der Waals surface area (Å²) in [5.41, 5.74) is 4.15. The van der Waals surface area contributed by atoms with E-state index >= 15 is 0 Å². The minimum atomic E-state index is -4.41. The number of carbonyl (C=O) groups is 2. The molecule has 47 heavy (non-hydrogen) atoms. The van der Waals surface area contributed by atoms with Gasteiger partial charge in [-0.2, -0.15) is 19.4 Å². The summed E-state index contributed by atoms with van der Waals surface area (Å²) in [6.45, 7) is 8.13. The Morgan fingerprint density at radius 1 is 1.21 bits per heavy atom. The van der Waals surface area contributed by atoms with Gasteiger partial charge in [0.05, 0.1) is 25.5 Å². The topological polar surface area (TPSA) is 179 Å². The Kier molecular flexibility index (Phi) is 11.6. The summed E-state index contributed by atoms with van der Waals surface area (Å²) in [6, 6.07) is 6.16. The first-order chi connectivity index (χ1) is 22.3. The highest BCUT2D eigenvalue weighted by atomic mass is 31.2. The van der Waals surface area contributed by atoms with Gasteiger partial charge in [0.25, 0.3) is 0 Å². The highest BCUT2D eigenvalue weighted by molar-refractivity contribution is 7.52. The molecule has 1 aliphatic heterocycles. The SMILES string of the molecule is C#C[C@]1(CO[P@@](=O)(N[C@@H](C)C(=O)OCC(CC)CC)Oc2ccccc2)OCC(n2cnc3c(N)nc(F)nc32)[C@@H]1OC(=O)C(C)C. The van der Waals surface area contributed by atoms with Crippen LogP contribution < -0.4 is 15.3 Å². The maximum Gasteiger partial charge on any atom is 0.459 e. The van der Waals surface area contributed by atoms with Crippen molar-refractivity contribution in [1.82, 2.24) is 24.6 Å². The maximum absolute atomic E-state index is 14.3. The van der Waals surface area contributed by atoms with Gasteiger partial charge in [0.2, 0.25) is 0 Å². The normalized spacial score (nSPS) is 21.3. The fourth-order valence-corrected chi connectivity index (χ4v) is 6.37. The maximum atomic E-state index is 14.3. The van der Waals surface area contributed by atoms with Crippen molar-refractivity contribution in [2.45, 2.75) is 71.2 Å². The number of terminal acetylenes is 1. The first-order valence-corrected chi connectivity index (χ1v) is 16.8. The number of para-hydroxylation sites is 1. The van der Waals surface area contributed by atoms with E-state index in [-0.39, 0.29) is 41.9 Å². The van der Waals surface area contributed by atoms with Crippen molar-refractivity contribution in [1.29, 1.82) is 0 Å². The fourth-order valence-electron chi connectivity index (χ4n) is 4.85. The number of anilines is 1. The second kappa shape index (κ2) is 15.2. The number of nitrogens with zero attached hydrogens (tertiary/aromatic N) is 4. The molecule has 0 spiro atoms. The van der Waals surface area contributed by atoms with Crippen LogP contribution >= 0.6 is 7.75 Å². The third-order valence-corrected chi connectivity index (χ3v) is 9.42. The van der Waals surface area contributed by atoms with Crippen molar-refractivity contribution < 1.29 is 41.8 Å². The van der Waals surface area contributed by atoms with E-state index in [2.05, 4.69) is 26.0 Å². The van der Waals surface area contributed by atoms with Gasteiger partial charge in [-0.25, -0.2) is 9.55 Å². The summed E-state index contributed by atoms with van der Waals surface area (Å²) in [5, 5.41) is 2.63. The molecule has 1 aromatic carbocycles. The molecule has 3 heterocycles. The molecule has 2 aromatic heterocycles. The van der Waals surface area contributed by atoms with E-state index in [0.29, 0.717) is 0 Å². The van der Waals surface area contributed by atoms with Gasteiger partial charge < -0.3 is 29.0 Å². The molecule has 14 nitrogen and oxygen atoms in total. The number of imidazole rings is 1. The van der Waals surface area contributed by atoms with Crippen LogP contribution in [0.25, 0.3) is 11.2 Å². The lowest BCUT2D eigenvalue weighted by molar-refractivity contribution is -0.162. The van der Waals surface area contributed by atoms with E-state index in [4.69, 9.17) is 35.4 Å². The lowest BCUT2D eigenvalue weighted by Gasteiger charge is -2.32. The summed E-state index contributed by atoms with van der Waals surface area (Å²) in [4.78, 5) is 37.3. The van der Waals surface area contributed by atoms with Crippen LogP contribution in [0.2, 0.25) is 0 Å². The smallest absolute Gasteiger partial charge is 0.459 e. The van der Waals surface area contributed by atoms with E-state index in [0.717, 1.165) is 12.8 Å². The second-order valence-electron chi connectivity index (χ2n) is 11.5. The number of fused-ring (bicyclic) bond motifs is 1. The molecule has 16 heteroatoms. The molecule has 1 aliphatic rings. The summed E-state index contributed by atoms with van der Waals surface area (Å²) < 4.78 is 58.9. The summed E-state index contributed by atoms with van der Waals surface area (Å²) in [5.74, 6) is 0.820. The number of esters is 2. The number of rotatable bonds is 15. The van der Waals surface area contributed by atoms with Gasteiger partial charge in [-0.15, -0.1) is 6.42 Å². The number of nitrogens with one attached hydrogen (secondary N) is 1. The second-order valence-corrected chi connectivity index (χ2v) is 13.2. The van der Waals surface area contributed by atoms with Crippen molar-refractivity contribution in [3.63, 3.8) is 0 Å². The summed E-state index contributed by atoms with van der Waals surface area (Å²) >= 11 is 0. The molecule has 0 aliphatic carbocycles. The summed E-state index contributed by atoms with van der Waals surface area (Å²) in [7, 11) is -4.41. The molecule has 3 N–H and O–H groups in total. The van der Waals surface area contributed by atoms with Gasteiger partial charge >= 0.3 is 25.8 Å². The van der Waals surface area contributed by atoms with Gasteiger partial charge in [-0.05, 0) is 25.0 Å². The highest BCUT2D eigenvalue weighted by Crippen LogP contribution is 2.48. The van der Waals surface area contributed by atoms with Crippen LogP contribution in [-0.2, 0) is 32.9 Å². The van der Waals surface area contributed by atoms with Crippen LogP contribution in [0, 0.1) is 30.3 Å². The van der Waals surface area contributed by atoms with Crippen LogP contribution in [-0.4, -0.2) is 69.0 Å². The third kappa shape index (κ3) is 8.26. The Balaban J connectivity index is 1.65. The monoisotopic (exact) mass is 674 g/mol. The average molecular weight is 675 g/mol. The number of hydrogen-bond acceptors (Lipinski definition) is 12. The molecule has 254 valence electrons. The number of halogens is 1. The van der Waals surface area contributed by atoms with Gasteiger partial charge in [0.1, 0.15) is 30.0 Å². The lowest BCUT2D eigenvalue weighted by Crippen LogP contribution is -2.48. The number of benzene rings is 1. The number of nitrogen functional groups attached to an aromatic ring is 1. The molecule has 1 fully saturated rings. The zero-order chi connectivity index (χ0) is 34.4. The standard InChI is InChI=1S/C31H40FN6O8P/c1-7-21(8-2)15-42-29(40)20(6)37-47(41,46-22-13-11-10-12-14-22)44-17-31(9-3)25(45-28(39)19(4)5)23(16-43-31)38-18-34-24-26(33)35-30(32)36-27(24)38/h3,10-14,18-21,23,25H,7-8,15-17H2,1-2,4-6H3,(H,37,41)(H2,33,35,36)/t20-,23?,25-,31+,47-/m0/s1. The van der Waals surface area contributed by atoms with Crippen molar-refractivity contribution in [2.24, 2.45) is 11.8 Å². The Hall–Kier alpha value is -4.09. The van der Waals surface area contributed by atoms with E-state index in [1.54, 1.807) is 44.2 Å². The zero-order valence-corrected chi connectivity index (χ0v) is 27.8. The van der Waals surface area contributed by atoms with Gasteiger partial charge in [-0.3, -0.25) is 14.1 Å². The van der Waals surface area contributed by atoms with Crippen LogP contribution in [0.1, 0.15) is 53.5 Å². The van der Waals surface area contributed by atoms with Crippen LogP contribution in [0.3, 0.4) is 0 Å². The lowest BCUT2D eigenvalue weighted by atomic mass is 9.95. The van der Waals surface area contributed by atoms with Crippen LogP contribution in [0.4, 0.5) is 10.2 Å². The molecule has 0 radical (unpaired) electrons. The molecule has 3 aromatic rings. The largest absolute Gasteiger partial charge is 0.464 e. The Labute approximate surface area is 272 Å². The Bertz CT molecular complexity index is 1650. The molecule has 1 saturated heterocycles. The minimum Gasteiger partial charge on any atom is -0.464 e. The number of ether oxygens (including phenoxy) is 3. The van der Waals surface area contributed by atoms with Crippen molar-refractivity contribution >= 4 is 36.7 Å². The third-order valence-electron chi connectivity index (χ3n) is 7.80. The predicted molar refractivity (Wildman–Crippen MR) is 169 cm³/mol. The predicted octanol–water partition coefficient (Wildman–Crippen LogP) is 4.22. The van der Waals surface area contributed by atoms with Crippen molar-refractivity contribution in [3.05, 3.63) is 42.7 Å². The first kappa shape index (κ1) is 35.8. The molecular weight excluding hydrogens is 634 g/mol. The molecular formula is C31H40FN6O8P. The van der Waals surface area contributed by atoms with E-state index in [1.807, 2.05) is 13.8 Å². The molecule has 1 unspecified atom stereocenters. The number of nitrogens with two attached hydrogens (primary N) is 1. The zero-order valence-electron chi connectivity index (χ0n) is 26.9. The van der Waals surface area contributed by atoms with Gasteiger partial charge in [0.15, 0.2) is 23.2 Å². The molecule has 0 amide bonds. The van der Waals surface area contributed by atoms with E-state index in [9.17, 15) is 18.5 Å². The fraction of sp³-hybridized carbons (Fsp3) is 0.516. The van der Waals surface area contributed by atoms with Crippen molar-refractivity contribution in [2.75, 3.05) is 25.6 Å². The van der Waals surface area contributed by atoms with E-state index in [1.165, 1.54) is 17.8 Å². The first-order valence-electron chi connectivity index (χ1n) is 15.3. The summed E-state index contributed by atoms with van der Waals surface area (Å²) in [6.07, 6.45) is 6.63. The van der Waals surface area contributed by atoms with Gasteiger partial charge in [0, 0.05) is 0 Å². The Morgan fingerprint density at radius 2 is 1.91 bits per heavy atom. The molecule has 0 saturated carbocycles. The van der Waals surface area contributed by atoms with Crippen LogP contribution in [0.5, 0.6) is 5.75 Å². The quantitative estimate of drug-likeness (QED) is 0.101.